The Labute approximate surface area is 204 Å². The lowest BCUT2D eigenvalue weighted by Crippen LogP contribution is -2.27. The van der Waals surface area contributed by atoms with Crippen molar-refractivity contribution < 1.29 is 19.8 Å². The number of aromatic nitrogens is 1. The average Bonchev–Trinajstić information content (AvgIpc) is 2.83. The number of hydrogen-bond donors (Lipinski definition) is 2. The molecule has 6 nitrogen and oxygen atoms in total. The molecule has 1 amide bonds. The van der Waals surface area contributed by atoms with E-state index >= 15 is 0 Å². The van der Waals surface area contributed by atoms with Crippen LogP contribution < -0.4 is 11.1 Å². The molecule has 0 bridgehead atoms. The summed E-state index contributed by atoms with van der Waals surface area (Å²) in [6.07, 6.45) is 3.33. The van der Waals surface area contributed by atoms with Crippen molar-refractivity contribution in [1.82, 2.24) is 4.98 Å². The number of amides is 1. The molecular weight excluding hydrogens is 426 g/mol. The van der Waals surface area contributed by atoms with Crippen LogP contribution in [0.2, 0.25) is 0 Å². The summed E-state index contributed by atoms with van der Waals surface area (Å²) in [6.45, 7) is -1.25. The summed E-state index contributed by atoms with van der Waals surface area (Å²) in [5, 5.41) is 4.46. The molecule has 172 valence electrons. The maximum atomic E-state index is 13.1. The number of anilines is 1. The lowest BCUT2D eigenvalue weighted by atomic mass is 9.97. The second-order valence-electron chi connectivity index (χ2n) is 7.96. The van der Waals surface area contributed by atoms with Crippen molar-refractivity contribution in [1.29, 1.82) is 0 Å². The Morgan fingerprint density at radius 3 is 2.56 bits per heavy atom. The van der Waals surface area contributed by atoms with Crippen molar-refractivity contribution >= 4 is 28.3 Å². The molecule has 4 aromatic rings. The van der Waals surface area contributed by atoms with Gasteiger partial charge >= 0.3 is 5.97 Å². The van der Waals surface area contributed by atoms with Gasteiger partial charge in [-0.25, -0.2) is 4.79 Å². The number of carbonyl (C=O) groups excluding carboxylic acids is 2. The van der Waals surface area contributed by atoms with Crippen molar-refractivity contribution in [3.05, 3.63) is 107 Å². The first-order valence-electron chi connectivity index (χ1n) is 12.7. The van der Waals surface area contributed by atoms with Gasteiger partial charge in [-0.05, 0) is 60.2 Å². The zero-order valence-corrected chi connectivity index (χ0v) is 18.8. The van der Waals surface area contributed by atoms with Gasteiger partial charge in [0.1, 0.15) is 6.56 Å². The minimum Gasteiger partial charge on any atom is -0.457 e. The number of nitrogens with zero attached hydrogens (tertiary/aromatic N) is 1. The normalized spacial score (nSPS) is 14.3. The van der Waals surface area contributed by atoms with Crippen LogP contribution in [0, 0.1) is 13.8 Å². The number of benzene rings is 3. The molecule has 0 radical (unpaired) electrons. The summed E-state index contributed by atoms with van der Waals surface area (Å²) in [4.78, 5) is 29.8. The summed E-state index contributed by atoms with van der Waals surface area (Å²) in [5.41, 5.74) is 8.38. The molecule has 4 rings (SSSR count). The molecule has 34 heavy (non-hydrogen) atoms. The zero-order chi connectivity index (χ0) is 27.7. The highest BCUT2D eigenvalue weighted by molar-refractivity contribution is 5.98. The van der Waals surface area contributed by atoms with Crippen molar-refractivity contribution in [3.8, 4) is 0 Å². The Morgan fingerprint density at radius 1 is 1.03 bits per heavy atom. The molecule has 0 spiro atoms. The number of esters is 1. The van der Waals surface area contributed by atoms with E-state index in [9.17, 15) is 9.59 Å². The number of ether oxygens (including phenoxy) is 1. The smallest absolute Gasteiger partial charge is 0.338 e. The standard InChI is InChI=1S/C28H27N3O3/c1-18-3-10-25(19(2)13-18)28(33)34-17-20-4-6-21(7-5-20)26(15-29)27(32)31-24-9-8-23-16-30-12-11-22(23)14-24/h3-14,16,26H,15,17,29H2,1-2H3,(H,31,32)/i15D2,17D2. The number of hydrogen-bond acceptors (Lipinski definition) is 5. The Morgan fingerprint density at radius 2 is 1.82 bits per heavy atom. The van der Waals surface area contributed by atoms with Crippen molar-refractivity contribution in [2.45, 2.75) is 26.3 Å². The second-order valence-corrected chi connectivity index (χ2v) is 7.96. The van der Waals surface area contributed by atoms with E-state index in [1.54, 1.807) is 55.7 Å². The molecule has 1 unspecified atom stereocenters. The number of carbonyl (C=O) groups is 2. The van der Waals surface area contributed by atoms with E-state index in [0.29, 0.717) is 11.3 Å². The largest absolute Gasteiger partial charge is 0.457 e. The van der Waals surface area contributed by atoms with E-state index < -0.39 is 30.9 Å². The fourth-order valence-electron chi connectivity index (χ4n) is 3.65. The van der Waals surface area contributed by atoms with Crippen LogP contribution in [0.1, 0.15) is 44.0 Å². The Balaban J connectivity index is 1.54. The molecule has 6 heteroatoms. The van der Waals surface area contributed by atoms with Gasteiger partial charge in [0.05, 0.1) is 14.2 Å². The summed E-state index contributed by atoms with van der Waals surface area (Å²) in [6, 6.07) is 17.7. The highest BCUT2D eigenvalue weighted by Crippen LogP contribution is 2.22. The molecule has 0 aliphatic carbocycles. The highest BCUT2D eigenvalue weighted by Gasteiger charge is 2.19. The van der Waals surface area contributed by atoms with Gasteiger partial charge in [-0.15, -0.1) is 0 Å². The molecule has 0 saturated carbocycles. The zero-order valence-electron chi connectivity index (χ0n) is 22.8. The number of aryl methyl sites for hydroxylation is 2. The number of nitrogens with one attached hydrogen (secondary N) is 1. The van der Waals surface area contributed by atoms with E-state index in [0.717, 1.165) is 16.3 Å². The molecular formula is C28H27N3O3. The van der Waals surface area contributed by atoms with E-state index in [1.807, 2.05) is 13.0 Å². The van der Waals surface area contributed by atoms with E-state index in [-0.39, 0.29) is 16.7 Å². The van der Waals surface area contributed by atoms with E-state index in [1.165, 1.54) is 24.3 Å². The molecule has 0 aliphatic rings. The summed E-state index contributed by atoms with van der Waals surface area (Å²) in [5.74, 6) is -2.87. The molecule has 1 aromatic heterocycles. The van der Waals surface area contributed by atoms with Crippen LogP contribution in [-0.4, -0.2) is 23.4 Å². The third-order valence-corrected chi connectivity index (χ3v) is 5.44. The third-order valence-electron chi connectivity index (χ3n) is 5.44. The third kappa shape index (κ3) is 5.30. The van der Waals surface area contributed by atoms with Gasteiger partial charge in [-0.2, -0.15) is 0 Å². The van der Waals surface area contributed by atoms with Crippen LogP contribution in [0.3, 0.4) is 0 Å². The fraction of sp³-hybridized carbons (Fsp3) is 0.179. The van der Waals surface area contributed by atoms with Crippen LogP contribution in [0.4, 0.5) is 5.69 Å². The van der Waals surface area contributed by atoms with Gasteiger partial charge in [0.25, 0.3) is 0 Å². The first kappa shape index (κ1) is 18.4. The SMILES string of the molecule is [2H]C([2H])(OC(=O)c1ccc(C)cc1C)c1ccc(C(C(=O)Nc2ccc3cnccc3c2)C([2H])([2H])N)cc1. The minimum atomic E-state index is -2.47. The molecule has 1 atom stereocenters. The Hall–Kier alpha value is -4.03. The van der Waals surface area contributed by atoms with Gasteiger partial charge in [-0.3, -0.25) is 9.78 Å². The molecule has 1 heterocycles. The fourth-order valence-corrected chi connectivity index (χ4v) is 3.65. The number of nitrogens with two attached hydrogens (primary N) is 1. The maximum absolute atomic E-state index is 13.1. The summed E-state index contributed by atoms with van der Waals surface area (Å²) in [7, 11) is 0. The van der Waals surface area contributed by atoms with Crippen molar-refractivity contribution in [3.63, 3.8) is 0 Å². The van der Waals surface area contributed by atoms with Gasteiger partial charge in [0.15, 0.2) is 0 Å². The van der Waals surface area contributed by atoms with Crippen LogP contribution >= 0.6 is 0 Å². The van der Waals surface area contributed by atoms with Crippen LogP contribution in [0.15, 0.2) is 79.1 Å². The predicted molar refractivity (Wildman–Crippen MR) is 134 cm³/mol. The van der Waals surface area contributed by atoms with Gasteiger partial charge in [0.2, 0.25) is 5.91 Å². The quantitative estimate of drug-likeness (QED) is 0.385. The van der Waals surface area contributed by atoms with Crippen molar-refractivity contribution in [2.75, 3.05) is 11.8 Å². The predicted octanol–water partition coefficient (Wildman–Crippen LogP) is 4.89. The maximum Gasteiger partial charge on any atom is 0.338 e. The Kier molecular flexibility index (Phi) is 5.56. The van der Waals surface area contributed by atoms with Gasteiger partial charge in [0, 0.05) is 32.7 Å². The van der Waals surface area contributed by atoms with E-state index in [4.69, 9.17) is 16.0 Å². The first-order valence-corrected chi connectivity index (χ1v) is 10.7. The number of fused-ring (bicyclic) bond motifs is 1. The number of rotatable bonds is 7. The summed E-state index contributed by atoms with van der Waals surface area (Å²) < 4.78 is 37.9. The van der Waals surface area contributed by atoms with Crippen LogP contribution in [0.25, 0.3) is 10.8 Å². The average molecular weight is 458 g/mol. The monoisotopic (exact) mass is 457 g/mol. The van der Waals surface area contributed by atoms with E-state index in [2.05, 4.69) is 10.3 Å². The lowest BCUT2D eigenvalue weighted by Gasteiger charge is -2.16. The minimum absolute atomic E-state index is 0.0271. The highest BCUT2D eigenvalue weighted by atomic mass is 16.5. The summed E-state index contributed by atoms with van der Waals surface area (Å²) >= 11 is 0. The molecule has 0 fully saturated rings. The van der Waals surface area contributed by atoms with Gasteiger partial charge < -0.3 is 15.8 Å². The Bertz CT molecular complexity index is 1500. The van der Waals surface area contributed by atoms with Crippen LogP contribution in [0.5, 0.6) is 0 Å². The van der Waals surface area contributed by atoms with Crippen molar-refractivity contribution in [2.24, 2.45) is 5.73 Å². The molecule has 0 saturated heterocycles. The number of pyridine rings is 1. The second kappa shape index (κ2) is 10.3. The first-order chi connectivity index (χ1) is 17.8. The lowest BCUT2D eigenvalue weighted by molar-refractivity contribution is -0.117. The molecule has 0 aliphatic heterocycles. The van der Waals surface area contributed by atoms with Crippen LogP contribution in [-0.2, 0) is 16.1 Å². The van der Waals surface area contributed by atoms with Gasteiger partial charge in [-0.1, -0.05) is 48.0 Å². The molecule has 3 aromatic carbocycles. The topological polar surface area (TPSA) is 94.3 Å². The molecule has 3 N–H and O–H groups in total.